The minimum Gasteiger partial charge on any atom is -0.459 e. The molecular formula is C16H14N4O3. The number of nitrogens with one attached hydrogen (secondary N) is 2. The highest BCUT2D eigenvalue weighted by Crippen LogP contribution is 2.14. The van der Waals surface area contributed by atoms with Crippen LogP contribution in [0.3, 0.4) is 0 Å². The van der Waals surface area contributed by atoms with Gasteiger partial charge < -0.3 is 15.1 Å². The second kappa shape index (κ2) is 6.18. The predicted octanol–water partition coefficient (Wildman–Crippen LogP) is 2.52. The first-order chi connectivity index (χ1) is 11.1. The van der Waals surface area contributed by atoms with Crippen LogP contribution < -0.4 is 10.6 Å². The molecule has 23 heavy (non-hydrogen) atoms. The number of benzene rings is 1. The van der Waals surface area contributed by atoms with Crippen molar-refractivity contribution in [1.29, 1.82) is 0 Å². The molecular weight excluding hydrogens is 296 g/mol. The fraction of sp³-hybridized carbons (Fsp3) is 0.0625. The summed E-state index contributed by atoms with van der Waals surface area (Å²) in [5, 5.41) is 9.44. The van der Waals surface area contributed by atoms with Crippen LogP contribution in [0.2, 0.25) is 0 Å². The second-order valence-corrected chi connectivity index (χ2v) is 4.84. The number of hydrogen-bond donors (Lipinski definition) is 2. The Hall–Kier alpha value is -3.35. The third-order valence-electron chi connectivity index (χ3n) is 3.08. The van der Waals surface area contributed by atoms with Crippen LogP contribution >= 0.6 is 0 Å². The van der Waals surface area contributed by atoms with Crippen molar-refractivity contribution in [2.24, 2.45) is 7.05 Å². The summed E-state index contributed by atoms with van der Waals surface area (Å²) in [6, 6.07) is 11.5. The highest BCUT2D eigenvalue weighted by Gasteiger charge is 2.11. The van der Waals surface area contributed by atoms with Gasteiger partial charge in [-0.25, -0.2) is 0 Å². The van der Waals surface area contributed by atoms with E-state index in [4.69, 9.17) is 4.42 Å². The van der Waals surface area contributed by atoms with Gasteiger partial charge in [0, 0.05) is 30.6 Å². The number of furan rings is 1. The van der Waals surface area contributed by atoms with E-state index in [0.717, 1.165) is 0 Å². The van der Waals surface area contributed by atoms with Gasteiger partial charge in [-0.15, -0.1) is 0 Å². The Morgan fingerprint density at radius 3 is 2.65 bits per heavy atom. The Labute approximate surface area is 131 Å². The monoisotopic (exact) mass is 310 g/mol. The molecule has 0 atom stereocenters. The van der Waals surface area contributed by atoms with E-state index in [0.29, 0.717) is 17.1 Å². The van der Waals surface area contributed by atoms with Crippen LogP contribution in [-0.4, -0.2) is 21.6 Å². The number of carbonyl (C=O) groups excluding carboxylic acids is 2. The van der Waals surface area contributed by atoms with Gasteiger partial charge in [0.25, 0.3) is 11.8 Å². The SMILES string of the molecule is Cn1ccc(NC(=O)c2cccc(NC(=O)c3ccco3)c2)n1. The number of carbonyl (C=O) groups is 2. The summed E-state index contributed by atoms with van der Waals surface area (Å²) in [6.07, 6.45) is 3.15. The molecule has 0 aliphatic rings. The van der Waals surface area contributed by atoms with Crippen molar-refractivity contribution in [3.05, 3.63) is 66.2 Å². The highest BCUT2D eigenvalue weighted by molar-refractivity contribution is 6.06. The predicted molar refractivity (Wildman–Crippen MR) is 84.3 cm³/mol. The topological polar surface area (TPSA) is 89.2 Å². The van der Waals surface area contributed by atoms with Crippen molar-refractivity contribution in [1.82, 2.24) is 9.78 Å². The lowest BCUT2D eigenvalue weighted by Crippen LogP contribution is -2.14. The Bertz CT molecular complexity index is 837. The number of amides is 2. The fourth-order valence-corrected chi connectivity index (χ4v) is 2.01. The van der Waals surface area contributed by atoms with Crippen LogP contribution in [0.15, 0.2) is 59.3 Å². The van der Waals surface area contributed by atoms with E-state index < -0.39 is 0 Å². The Balaban J connectivity index is 1.71. The molecule has 0 spiro atoms. The highest BCUT2D eigenvalue weighted by atomic mass is 16.3. The van der Waals surface area contributed by atoms with Crippen LogP contribution in [0, 0.1) is 0 Å². The van der Waals surface area contributed by atoms with E-state index >= 15 is 0 Å². The molecule has 0 unspecified atom stereocenters. The summed E-state index contributed by atoms with van der Waals surface area (Å²) in [5.41, 5.74) is 0.910. The number of nitrogens with zero attached hydrogens (tertiary/aromatic N) is 2. The quantitative estimate of drug-likeness (QED) is 0.775. The van der Waals surface area contributed by atoms with Gasteiger partial charge in [-0.05, 0) is 30.3 Å². The molecule has 0 saturated heterocycles. The van der Waals surface area contributed by atoms with E-state index in [9.17, 15) is 9.59 Å². The first-order valence-electron chi connectivity index (χ1n) is 6.88. The summed E-state index contributed by atoms with van der Waals surface area (Å²) >= 11 is 0. The lowest BCUT2D eigenvalue weighted by atomic mass is 10.2. The van der Waals surface area contributed by atoms with Crippen LogP contribution in [0.5, 0.6) is 0 Å². The number of aryl methyl sites for hydroxylation is 1. The minimum atomic E-state index is -0.378. The smallest absolute Gasteiger partial charge is 0.291 e. The zero-order valence-electron chi connectivity index (χ0n) is 12.3. The molecule has 3 aromatic rings. The fourth-order valence-electron chi connectivity index (χ4n) is 2.01. The molecule has 2 heterocycles. The number of aromatic nitrogens is 2. The zero-order chi connectivity index (χ0) is 16.2. The third-order valence-corrected chi connectivity index (χ3v) is 3.08. The molecule has 7 nitrogen and oxygen atoms in total. The third kappa shape index (κ3) is 3.46. The Morgan fingerprint density at radius 2 is 1.96 bits per heavy atom. The summed E-state index contributed by atoms with van der Waals surface area (Å²) in [4.78, 5) is 24.1. The Morgan fingerprint density at radius 1 is 1.09 bits per heavy atom. The molecule has 0 radical (unpaired) electrons. The van der Waals surface area contributed by atoms with E-state index in [1.54, 1.807) is 60.4 Å². The van der Waals surface area contributed by atoms with Gasteiger partial charge in [0.15, 0.2) is 11.6 Å². The van der Waals surface area contributed by atoms with E-state index in [1.165, 1.54) is 6.26 Å². The molecule has 2 amide bonds. The molecule has 2 aromatic heterocycles. The molecule has 116 valence electrons. The zero-order valence-corrected chi connectivity index (χ0v) is 12.3. The average Bonchev–Trinajstić information content (AvgIpc) is 3.19. The largest absolute Gasteiger partial charge is 0.459 e. The first kappa shape index (κ1) is 14.6. The maximum absolute atomic E-state index is 12.2. The maximum Gasteiger partial charge on any atom is 0.291 e. The second-order valence-electron chi connectivity index (χ2n) is 4.84. The molecule has 0 aliphatic carbocycles. The standard InChI is InChI=1S/C16H14N4O3/c1-20-8-7-14(19-20)18-15(21)11-4-2-5-12(10-11)17-16(22)13-6-3-9-23-13/h2-10H,1H3,(H,17,22)(H,18,19,21). The first-order valence-corrected chi connectivity index (χ1v) is 6.88. The van der Waals surface area contributed by atoms with Crippen molar-refractivity contribution < 1.29 is 14.0 Å². The molecule has 1 aromatic carbocycles. The van der Waals surface area contributed by atoms with E-state index in [2.05, 4.69) is 15.7 Å². The lowest BCUT2D eigenvalue weighted by Gasteiger charge is -2.06. The van der Waals surface area contributed by atoms with Gasteiger partial charge >= 0.3 is 0 Å². The molecule has 0 bridgehead atoms. The van der Waals surface area contributed by atoms with Gasteiger partial charge in [-0.3, -0.25) is 14.3 Å². The minimum absolute atomic E-state index is 0.202. The summed E-state index contributed by atoms with van der Waals surface area (Å²) in [7, 11) is 1.76. The Kier molecular flexibility index (Phi) is 3.92. The molecule has 0 fully saturated rings. The van der Waals surface area contributed by atoms with Crippen molar-refractivity contribution in [3.8, 4) is 0 Å². The van der Waals surface area contributed by atoms with Gasteiger partial charge in [-0.2, -0.15) is 5.10 Å². The molecule has 0 saturated carbocycles. The number of anilines is 2. The number of rotatable bonds is 4. The van der Waals surface area contributed by atoms with Crippen LogP contribution in [0.1, 0.15) is 20.9 Å². The van der Waals surface area contributed by atoms with Crippen LogP contribution in [0.25, 0.3) is 0 Å². The summed E-state index contributed by atoms with van der Waals surface area (Å²) in [6.45, 7) is 0. The van der Waals surface area contributed by atoms with Gasteiger partial charge in [0.2, 0.25) is 0 Å². The van der Waals surface area contributed by atoms with Gasteiger partial charge in [-0.1, -0.05) is 6.07 Å². The van der Waals surface area contributed by atoms with Gasteiger partial charge in [0.05, 0.1) is 6.26 Å². The molecule has 0 aliphatic heterocycles. The van der Waals surface area contributed by atoms with Crippen molar-refractivity contribution in [3.63, 3.8) is 0 Å². The van der Waals surface area contributed by atoms with E-state index in [1.807, 2.05) is 0 Å². The molecule has 2 N–H and O–H groups in total. The normalized spacial score (nSPS) is 10.3. The molecule has 7 heteroatoms. The van der Waals surface area contributed by atoms with Crippen LogP contribution in [-0.2, 0) is 7.05 Å². The van der Waals surface area contributed by atoms with Gasteiger partial charge in [0.1, 0.15) is 0 Å². The lowest BCUT2D eigenvalue weighted by molar-refractivity contribution is 0.0993. The van der Waals surface area contributed by atoms with Crippen molar-refractivity contribution >= 4 is 23.3 Å². The molecule has 3 rings (SSSR count). The summed E-state index contributed by atoms with van der Waals surface area (Å²) in [5.74, 6) is -0.0223. The van der Waals surface area contributed by atoms with Crippen LogP contribution in [0.4, 0.5) is 11.5 Å². The number of hydrogen-bond acceptors (Lipinski definition) is 4. The van der Waals surface area contributed by atoms with Crippen molar-refractivity contribution in [2.75, 3.05) is 10.6 Å². The van der Waals surface area contributed by atoms with Crippen molar-refractivity contribution in [2.45, 2.75) is 0 Å². The summed E-state index contributed by atoms with van der Waals surface area (Å²) < 4.78 is 6.62. The maximum atomic E-state index is 12.2. The average molecular weight is 310 g/mol. The van der Waals surface area contributed by atoms with E-state index in [-0.39, 0.29) is 17.6 Å².